The summed E-state index contributed by atoms with van der Waals surface area (Å²) in [6.45, 7) is 1.79. The normalized spacial score (nSPS) is 15.7. The average Bonchev–Trinajstić information content (AvgIpc) is 2.61. The number of rotatable bonds is 4. The third-order valence-electron chi connectivity index (χ3n) is 4.61. The number of benzene rings is 2. The van der Waals surface area contributed by atoms with Crippen molar-refractivity contribution in [3.8, 4) is 0 Å². The predicted octanol–water partition coefficient (Wildman–Crippen LogP) is 4.17. The number of amides is 1. The van der Waals surface area contributed by atoms with Gasteiger partial charge in [-0.1, -0.05) is 48.5 Å². The van der Waals surface area contributed by atoms with Crippen molar-refractivity contribution in [2.24, 2.45) is 5.92 Å². The minimum atomic E-state index is 0.183. The quantitative estimate of drug-likeness (QED) is 0.828. The maximum atomic E-state index is 12.4. The highest BCUT2D eigenvalue weighted by molar-refractivity contribution is 5.94. The van der Waals surface area contributed by atoms with Gasteiger partial charge in [0.2, 0.25) is 0 Å². The van der Waals surface area contributed by atoms with Gasteiger partial charge in [0.1, 0.15) is 0 Å². The molecule has 0 bridgehead atoms. The number of carbonyl (C=O) groups is 1. The maximum absolute atomic E-state index is 12.4. The van der Waals surface area contributed by atoms with Crippen LogP contribution in [0.2, 0.25) is 0 Å². The van der Waals surface area contributed by atoms with Crippen LogP contribution in [0.25, 0.3) is 0 Å². The standard InChI is InChI=1S/C20H23NO/c22-20(19-9-5-2-6-10-19)21-15-13-18(14-16-21)12-11-17-7-3-1-4-8-17/h1-10,18H,11-16H2. The molecule has 0 unspecified atom stereocenters. The molecule has 3 rings (SSSR count). The molecule has 0 aromatic heterocycles. The Bertz CT molecular complexity index is 586. The lowest BCUT2D eigenvalue weighted by Gasteiger charge is -2.32. The molecule has 1 aliphatic rings. The highest BCUT2D eigenvalue weighted by atomic mass is 16.2. The van der Waals surface area contributed by atoms with Crippen molar-refractivity contribution in [2.75, 3.05) is 13.1 Å². The molecule has 2 aromatic rings. The van der Waals surface area contributed by atoms with Crippen molar-refractivity contribution in [1.82, 2.24) is 4.90 Å². The molecule has 1 heterocycles. The van der Waals surface area contributed by atoms with Crippen LogP contribution >= 0.6 is 0 Å². The van der Waals surface area contributed by atoms with Gasteiger partial charge in [-0.15, -0.1) is 0 Å². The second kappa shape index (κ2) is 7.26. The number of nitrogens with zero attached hydrogens (tertiary/aromatic N) is 1. The van der Waals surface area contributed by atoms with Crippen LogP contribution in [0.15, 0.2) is 60.7 Å². The Kier molecular flexibility index (Phi) is 4.89. The number of hydrogen-bond acceptors (Lipinski definition) is 1. The molecule has 2 heteroatoms. The van der Waals surface area contributed by atoms with Gasteiger partial charge < -0.3 is 4.90 Å². The summed E-state index contributed by atoms with van der Waals surface area (Å²) in [5.74, 6) is 0.933. The topological polar surface area (TPSA) is 20.3 Å². The summed E-state index contributed by atoms with van der Waals surface area (Å²) in [6, 6.07) is 20.3. The monoisotopic (exact) mass is 293 g/mol. The summed E-state index contributed by atoms with van der Waals surface area (Å²) in [5.41, 5.74) is 2.23. The summed E-state index contributed by atoms with van der Waals surface area (Å²) in [7, 11) is 0. The Morgan fingerprint density at radius 2 is 1.50 bits per heavy atom. The molecule has 0 atom stereocenters. The van der Waals surface area contributed by atoms with Crippen molar-refractivity contribution in [3.63, 3.8) is 0 Å². The van der Waals surface area contributed by atoms with Crippen molar-refractivity contribution < 1.29 is 4.79 Å². The van der Waals surface area contributed by atoms with Gasteiger partial charge in [0.15, 0.2) is 0 Å². The lowest BCUT2D eigenvalue weighted by Crippen LogP contribution is -2.38. The van der Waals surface area contributed by atoms with Crippen LogP contribution in [0.3, 0.4) is 0 Å². The van der Waals surface area contributed by atoms with E-state index in [1.807, 2.05) is 35.2 Å². The van der Waals surface area contributed by atoms with E-state index in [-0.39, 0.29) is 5.91 Å². The van der Waals surface area contributed by atoms with Crippen molar-refractivity contribution >= 4 is 5.91 Å². The van der Waals surface area contributed by atoms with Gasteiger partial charge in [-0.25, -0.2) is 0 Å². The van der Waals surface area contributed by atoms with E-state index >= 15 is 0 Å². The molecule has 2 aromatic carbocycles. The van der Waals surface area contributed by atoms with Crippen molar-refractivity contribution in [2.45, 2.75) is 25.7 Å². The molecule has 22 heavy (non-hydrogen) atoms. The molecule has 0 spiro atoms. The first-order valence-corrected chi connectivity index (χ1v) is 8.21. The molecule has 1 fully saturated rings. The second-order valence-electron chi connectivity index (χ2n) is 6.13. The van der Waals surface area contributed by atoms with Crippen molar-refractivity contribution in [1.29, 1.82) is 0 Å². The molecule has 0 radical (unpaired) electrons. The second-order valence-corrected chi connectivity index (χ2v) is 6.13. The third-order valence-corrected chi connectivity index (χ3v) is 4.61. The van der Waals surface area contributed by atoms with Gasteiger partial charge in [-0.05, 0) is 49.3 Å². The zero-order chi connectivity index (χ0) is 15.2. The van der Waals surface area contributed by atoms with Gasteiger partial charge in [0, 0.05) is 18.7 Å². The summed E-state index contributed by atoms with van der Waals surface area (Å²) < 4.78 is 0. The minimum absolute atomic E-state index is 0.183. The third kappa shape index (κ3) is 3.76. The summed E-state index contributed by atoms with van der Waals surface area (Å²) in [5, 5.41) is 0. The lowest BCUT2D eigenvalue weighted by molar-refractivity contribution is 0.0687. The van der Waals surface area contributed by atoms with E-state index in [9.17, 15) is 4.79 Å². The number of hydrogen-bond donors (Lipinski definition) is 0. The molecular weight excluding hydrogens is 270 g/mol. The molecule has 0 N–H and O–H groups in total. The van der Waals surface area contributed by atoms with E-state index in [0.29, 0.717) is 0 Å². The van der Waals surface area contributed by atoms with Gasteiger partial charge in [-0.2, -0.15) is 0 Å². The number of carbonyl (C=O) groups excluding carboxylic acids is 1. The van der Waals surface area contributed by atoms with Crippen LogP contribution in [0.4, 0.5) is 0 Å². The SMILES string of the molecule is O=C(c1ccccc1)N1CCC(CCc2ccccc2)CC1. The van der Waals surface area contributed by atoms with E-state index in [4.69, 9.17) is 0 Å². The first-order chi connectivity index (χ1) is 10.8. The molecule has 0 saturated carbocycles. The van der Waals surface area contributed by atoms with E-state index in [2.05, 4.69) is 30.3 Å². The Labute approximate surface area is 132 Å². The Hall–Kier alpha value is -2.09. The average molecular weight is 293 g/mol. The Balaban J connectivity index is 1.47. The molecule has 114 valence electrons. The van der Waals surface area contributed by atoms with Gasteiger partial charge >= 0.3 is 0 Å². The first-order valence-electron chi connectivity index (χ1n) is 8.21. The number of piperidine rings is 1. The summed E-state index contributed by atoms with van der Waals surface area (Å²) in [4.78, 5) is 14.4. The maximum Gasteiger partial charge on any atom is 0.253 e. The summed E-state index contributed by atoms with van der Waals surface area (Å²) in [6.07, 6.45) is 4.65. The first kappa shape index (κ1) is 14.8. The molecule has 0 aliphatic carbocycles. The van der Waals surface area contributed by atoms with Crippen LogP contribution in [0, 0.1) is 5.92 Å². The fourth-order valence-electron chi connectivity index (χ4n) is 3.20. The van der Waals surface area contributed by atoms with Crippen LogP contribution in [0.5, 0.6) is 0 Å². The van der Waals surface area contributed by atoms with Crippen LogP contribution in [-0.2, 0) is 6.42 Å². The number of likely N-dealkylation sites (tertiary alicyclic amines) is 1. The van der Waals surface area contributed by atoms with Gasteiger partial charge in [-0.3, -0.25) is 4.79 Å². The number of aryl methyl sites for hydroxylation is 1. The van der Waals surface area contributed by atoms with Crippen LogP contribution in [-0.4, -0.2) is 23.9 Å². The molecule has 1 saturated heterocycles. The zero-order valence-electron chi connectivity index (χ0n) is 12.9. The Morgan fingerprint density at radius 3 is 2.14 bits per heavy atom. The van der Waals surface area contributed by atoms with E-state index in [1.165, 1.54) is 12.0 Å². The van der Waals surface area contributed by atoms with Gasteiger partial charge in [0.05, 0.1) is 0 Å². The molecular formula is C20H23NO. The minimum Gasteiger partial charge on any atom is -0.339 e. The lowest BCUT2D eigenvalue weighted by atomic mass is 9.90. The largest absolute Gasteiger partial charge is 0.339 e. The summed E-state index contributed by atoms with van der Waals surface area (Å²) >= 11 is 0. The van der Waals surface area contributed by atoms with E-state index in [1.54, 1.807) is 0 Å². The van der Waals surface area contributed by atoms with Gasteiger partial charge in [0.25, 0.3) is 5.91 Å². The van der Waals surface area contributed by atoms with Crippen LogP contribution in [0.1, 0.15) is 35.2 Å². The smallest absolute Gasteiger partial charge is 0.253 e. The highest BCUT2D eigenvalue weighted by Gasteiger charge is 2.23. The van der Waals surface area contributed by atoms with Crippen LogP contribution < -0.4 is 0 Å². The molecule has 2 nitrogen and oxygen atoms in total. The molecule has 1 aliphatic heterocycles. The zero-order valence-corrected chi connectivity index (χ0v) is 12.9. The fraction of sp³-hybridized carbons (Fsp3) is 0.350. The highest BCUT2D eigenvalue weighted by Crippen LogP contribution is 2.23. The predicted molar refractivity (Wildman–Crippen MR) is 89.8 cm³/mol. The Morgan fingerprint density at radius 1 is 0.909 bits per heavy atom. The molecule has 1 amide bonds. The van der Waals surface area contributed by atoms with E-state index in [0.717, 1.165) is 43.8 Å². The van der Waals surface area contributed by atoms with E-state index < -0.39 is 0 Å². The fourth-order valence-corrected chi connectivity index (χ4v) is 3.20. The van der Waals surface area contributed by atoms with Crippen molar-refractivity contribution in [3.05, 3.63) is 71.8 Å².